The molecule has 0 aromatic heterocycles. The van der Waals surface area contributed by atoms with Crippen LogP contribution < -0.4 is 10.1 Å². The number of rotatable bonds is 4. The molecule has 0 spiro atoms. The Morgan fingerprint density at radius 1 is 1.22 bits per heavy atom. The average Bonchev–Trinajstić information content (AvgIpc) is 3.13. The second kappa shape index (κ2) is 6.58. The predicted molar refractivity (Wildman–Crippen MR) is 102 cm³/mol. The molecule has 3 heteroatoms. The van der Waals surface area contributed by atoms with Crippen LogP contribution in [0.3, 0.4) is 0 Å². The number of hydrogen-bond donors (Lipinski definition) is 1. The van der Waals surface area contributed by atoms with Gasteiger partial charge in [0.1, 0.15) is 5.75 Å². The molecule has 1 heterocycles. The van der Waals surface area contributed by atoms with Crippen molar-refractivity contribution in [3.8, 4) is 5.75 Å². The van der Waals surface area contributed by atoms with Crippen molar-refractivity contribution >= 4 is 17.4 Å². The summed E-state index contributed by atoms with van der Waals surface area (Å²) >= 11 is 2.10. The quantitative estimate of drug-likeness (QED) is 0.742. The molecule has 1 aliphatic heterocycles. The average molecular weight is 334 g/mol. The molecule has 2 nitrogen and oxygen atoms in total. The molecule has 1 N–H and O–H groups in total. The smallest absolute Gasteiger partial charge is 0.119 e. The van der Waals surface area contributed by atoms with E-state index in [1.54, 1.807) is 7.11 Å². The lowest BCUT2D eigenvalue weighted by molar-refractivity contribution is 0.324. The molecule has 1 aromatic rings. The molecule has 2 aliphatic rings. The maximum atomic E-state index is 5.48. The standard InChI is InChI=1S/C20H31NOS/c1-13(14-8-6-7-9-14)18-19(23-20(2,3)4)16-12-15(22-5)10-11-17(16)21-18/h10-14,18-19,21H,6-9H2,1-5H3. The fraction of sp³-hybridized carbons (Fsp3) is 0.700. The lowest BCUT2D eigenvalue weighted by atomic mass is 9.85. The Morgan fingerprint density at radius 3 is 2.52 bits per heavy atom. The minimum absolute atomic E-state index is 0.255. The van der Waals surface area contributed by atoms with Crippen molar-refractivity contribution in [1.29, 1.82) is 0 Å². The highest BCUT2D eigenvalue weighted by molar-refractivity contribution is 8.00. The molecule has 23 heavy (non-hydrogen) atoms. The van der Waals surface area contributed by atoms with E-state index >= 15 is 0 Å². The number of methoxy groups -OCH3 is 1. The zero-order valence-corrected chi connectivity index (χ0v) is 16.0. The number of fused-ring (bicyclic) bond motifs is 1. The summed E-state index contributed by atoms with van der Waals surface area (Å²) in [7, 11) is 1.76. The van der Waals surface area contributed by atoms with Crippen LogP contribution >= 0.6 is 11.8 Å². The summed E-state index contributed by atoms with van der Waals surface area (Å²) in [6, 6.07) is 7.05. The molecule has 0 amide bonds. The van der Waals surface area contributed by atoms with Gasteiger partial charge in [0.15, 0.2) is 0 Å². The summed E-state index contributed by atoms with van der Waals surface area (Å²) in [5.41, 5.74) is 2.74. The van der Waals surface area contributed by atoms with E-state index in [2.05, 4.69) is 63.0 Å². The molecule has 1 saturated carbocycles. The van der Waals surface area contributed by atoms with Crippen LogP contribution in [0.1, 0.15) is 64.2 Å². The Bertz CT molecular complexity index is 545. The molecule has 3 unspecified atom stereocenters. The first-order valence-electron chi connectivity index (χ1n) is 9.01. The van der Waals surface area contributed by atoms with Gasteiger partial charge in [0.25, 0.3) is 0 Å². The molecule has 1 aromatic carbocycles. The zero-order chi connectivity index (χ0) is 16.6. The van der Waals surface area contributed by atoms with Crippen LogP contribution in [0, 0.1) is 11.8 Å². The van der Waals surface area contributed by atoms with Gasteiger partial charge in [-0.1, -0.05) is 53.4 Å². The lowest BCUT2D eigenvalue weighted by Gasteiger charge is -2.33. The van der Waals surface area contributed by atoms with Crippen LogP contribution in [0.5, 0.6) is 5.75 Å². The molecular weight excluding hydrogens is 302 g/mol. The van der Waals surface area contributed by atoms with Gasteiger partial charge in [-0.2, -0.15) is 0 Å². The third kappa shape index (κ3) is 3.65. The topological polar surface area (TPSA) is 21.3 Å². The van der Waals surface area contributed by atoms with Gasteiger partial charge >= 0.3 is 0 Å². The van der Waals surface area contributed by atoms with Gasteiger partial charge in [-0.3, -0.25) is 0 Å². The summed E-state index contributed by atoms with van der Waals surface area (Å²) in [5, 5.41) is 4.37. The summed E-state index contributed by atoms with van der Waals surface area (Å²) in [5.74, 6) is 2.57. The third-order valence-electron chi connectivity index (χ3n) is 5.40. The summed E-state index contributed by atoms with van der Waals surface area (Å²) < 4.78 is 5.73. The molecule has 128 valence electrons. The Hall–Kier alpha value is -0.830. The maximum Gasteiger partial charge on any atom is 0.119 e. The first-order chi connectivity index (χ1) is 10.9. The van der Waals surface area contributed by atoms with Gasteiger partial charge in [0.05, 0.1) is 12.4 Å². The first kappa shape index (κ1) is 17.0. The van der Waals surface area contributed by atoms with Gasteiger partial charge in [0.2, 0.25) is 0 Å². The van der Waals surface area contributed by atoms with Crippen LogP contribution in [0.15, 0.2) is 18.2 Å². The van der Waals surface area contributed by atoms with Crippen molar-refractivity contribution in [3.63, 3.8) is 0 Å². The normalized spacial score (nSPS) is 26.0. The van der Waals surface area contributed by atoms with Crippen molar-refractivity contribution in [2.24, 2.45) is 11.8 Å². The molecule has 0 radical (unpaired) electrons. The van der Waals surface area contributed by atoms with Gasteiger partial charge in [-0.15, -0.1) is 11.8 Å². The van der Waals surface area contributed by atoms with E-state index in [-0.39, 0.29) is 4.75 Å². The predicted octanol–water partition coefficient (Wildman–Crippen LogP) is 5.89. The Labute approximate surface area is 145 Å². The number of anilines is 1. The zero-order valence-electron chi connectivity index (χ0n) is 15.2. The van der Waals surface area contributed by atoms with E-state index < -0.39 is 0 Å². The SMILES string of the molecule is COc1ccc2c(c1)C(SC(C)(C)C)C(C(C)C1CCCC1)N2. The summed E-state index contributed by atoms with van der Waals surface area (Å²) in [6.45, 7) is 9.44. The van der Waals surface area contributed by atoms with Crippen LogP contribution in [-0.2, 0) is 0 Å². The Morgan fingerprint density at radius 2 is 1.91 bits per heavy atom. The van der Waals surface area contributed by atoms with E-state index in [0.717, 1.165) is 17.6 Å². The monoisotopic (exact) mass is 333 g/mol. The fourth-order valence-electron chi connectivity index (χ4n) is 4.18. The molecular formula is C20H31NOS. The highest BCUT2D eigenvalue weighted by atomic mass is 32.2. The number of nitrogens with one attached hydrogen (secondary N) is 1. The highest BCUT2D eigenvalue weighted by Crippen LogP contribution is 2.52. The van der Waals surface area contributed by atoms with Crippen molar-refractivity contribution in [3.05, 3.63) is 23.8 Å². The van der Waals surface area contributed by atoms with E-state index in [1.807, 2.05) is 0 Å². The Balaban J connectivity index is 1.89. The van der Waals surface area contributed by atoms with Crippen LogP contribution in [0.4, 0.5) is 5.69 Å². The summed E-state index contributed by atoms with van der Waals surface area (Å²) in [6.07, 6.45) is 5.65. The molecule has 3 rings (SSSR count). The third-order valence-corrected chi connectivity index (χ3v) is 6.91. The fourth-order valence-corrected chi connectivity index (χ4v) is 5.73. The number of ether oxygens (including phenoxy) is 1. The number of benzene rings is 1. The second-order valence-electron chi connectivity index (χ2n) is 8.18. The largest absolute Gasteiger partial charge is 0.497 e. The molecule has 1 aliphatic carbocycles. The number of thioether (sulfide) groups is 1. The van der Waals surface area contributed by atoms with Crippen LogP contribution in [0.2, 0.25) is 0 Å². The van der Waals surface area contributed by atoms with Gasteiger partial charge in [-0.05, 0) is 35.6 Å². The Kier molecular flexibility index (Phi) is 4.87. The van der Waals surface area contributed by atoms with Gasteiger partial charge in [-0.25, -0.2) is 0 Å². The van der Waals surface area contributed by atoms with Crippen molar-refractivity contribution < 1.29 is 4.74 Å². The molecule has 1 fully saturated rings. The summed E-state index contributed by atoms with van der Waals surface area (Å²) in [4.78, 5) is 0. The minimum atomic E-state index is 0.255. The number of hydrogen-bond acceptors (Lipinski definition) is 3. The first-order valence-corrected chi connectivity index (χ1v) is 9.89. The molecule has 0 saturated heterocycles. The minimum Gasteiger partial charge on any atom is -0.497 e. The highest BCUT2D eigenvalue weighted by Gasteiger charge is 2.41. The van der Waals surface area contributed by atoms with Crippen molar-refractivity contribution in [2.45, 2.75) is 69.4 Å². The maximum absolute atomic E-state index is 5.48. The second-order valence-corrected chi connectivity index (χ2v) is 10.1. The van der Waals surface area contributed by atoms with Gasteiger partial charge < -0.3 is 10.1 Å². The van der Waals surface area contributed by atoms with Crippen molar-refractivity contribution in [1.82, 2.24) is 0 Å². The van der Waals surface area contributed by atoms with Crippen molar-refractivity contribution in [2.75, 3.05) is 12.4 Å². The van der Waals surface area contributed by atoms with Crippen LogP contribution in [0.25, 0.3) is 0 Å². The molecule has 3 atom stereocenters. The lowest BCUT2D eigenvalue weighted by Crippen LogP contribution is -2.33. The van der Waals surface area contributed by atoms with Gasteiger partial charge in [0, 0.05) is 16.5 Å². The molecule has 0 bridgehead atoms. The van der Waals surface area contributed by atoms with E-state index in [0.29, 0.717) is 11.3 Å². The van der Waals surface area contributed by atoms with Crippen LogP contribution in [-0.4, -0.2) is 17.9 Å². The van der Waals surface area contributed by atoms with E-state index in [1.165, 1.54) is 36.9 Å². The van der Waals surface area contributed by atoms with E-state index in [4.69, 9.17) is 4.74 Å². The van der Waals surface area contributed by atoms with E-state index in [9.17, 15) is 0 Å².